The van der Waals surface area contributed by atoms with Crippen molar-refractivity contribution in [2.45, 2.75) is 12.5 Å². The summed E-state index contributed by atoms with van der Waals surface area (Å²) >= 11 is 0. The smallest absolute Gasteiger partial charge is 0.114 e. The summed E-state index contributed by atoms with van der Waals surface area (Å²) < 4.78 is 0. The molecule has 3 rings (SSSR count). The Bertz CT molecular complexity index is 842. The molecule has 3 heteroatoms. The molecule has 1 atom stereocenters. The van der Waals surface area contributed by atoms with Crippen molar-refractivity contribution in [1.29, 1.82) is 5.26 Å². The predicted octanol–water partition coefficient (Wildman–Crippen LogP) is 3.36. The van der Waals surface area contributed by atoms with E-state index in [4.69, 9.17) is 5.26 Å². The summed E-state index contributed by atoms with van der Waals surface area (Å²) in [7, 11) is 0. The quantitative estimate of drug-likeness (QED) is 0.779. The molecule has 0 aliphatic rings. The molecule has 1 heterocycles. The number of hydrogen-bond donors (Lipinski definition) is 1. The highest BCUT2D eigenvalue weighted by Crippen LogP contribution is 2.33. The number of fused-ring (bicyclic) bond motifs is 1. The van der Waals surface area contributed by atoms with Gasteiger partial charge in [-0.3, -0.25) is 4.98 Å². The van der Waals surface area contributed by atoms with Crippen LogP contribution in [-0.4, -0.2) is 10.1 Å². The molecule has 1 unspecified atom stereocenters. The first-order chi connectivity index (χ1) is 10.1. The van der Waals surface area contributed by atoms with Gasteiger partial charge < -0.3 is 5.11 Å². The lowest BCUT2D eigenvalue weighted by atomic mass is 9.86. The number of aromatic nitrogens is 1. The zero-order chi connectivity index (χ0) is 14.9. The van der Waals surface area contributed by atoms with E-state index in [1.807, 2.05) is 30.3 Å². The standard InChI is InChI=1S/C18H14N2O/c1-18(21,15-7-4-5-13(9-15)10-19)17-12-20-11-14-6-2-3-8-16(14)17/h2-9,11-12,21H,1H3. The van der Waals surface area contributed by atoms with Crippen LogP contribution in [0, 0.1) is 11.3 Å². The third-order valence-corrected chi connectivity index (χ3v) is 3.75. The Hall–Kier alpha value is -2.70. The van der Waals surface area contributed by atoms with E-state index in [9.17, 15) is 5.11 Å². The lowest BCUT2D eigenvalue weighted by Crippen LogP contribution is -2.23. The second kappa shape index (κ2) is 5.01. The van der Waals surface area contributed by atoms with Gasteiger partial charge in [0, 0.05) is 23.3 Å². The summed E-state index contributed by atoms with van der Waals surface area (Å²) in [5.41, 5.74) is 0.733. The normalized spacial score (nSPS) is 13.6. The summed E-state index contributed by atoms with van der Waals surface area (Å²) in [6.07, 6.45) is 3.46. The molecule has 0 fully saturated rings. The molecule has 0 bridgehead atoms. The average molecular weight is 274 g/mol. The zero-order valence-corrected chi connectivity index (χ0v) is 11.6. The Morgan fingerprint density at radius 1 is 1.10 bits per heavy atom. The van der Waals surface area contributed by atoms with Crippen molar-refractivity contribution in [3.05, 3.63) is 77.6 Å². The van der Waals surface area contributed by atoms with E-state index in [1.165, 1.54) is 0 Å². The molecule has 0 aliphatic heterocycles. The molecular formula is C18H14N2O. The molecule has 102 valence electrons. The Kier molecular flexibility index (Phi) is 3.17. The van der Waals surface area contributed by atoms with Gasteiger partial charge in [-0.25, -0.2) is 0 Å². The Balaban J connectivity index is 2.22. The minimum absolute atomic E-state index is 0.529. The van der Waals surface area contributed by atoms with Gasteiger partial charge in [0.05, 0.1) is 11.6 Å². The van der Waals surface area contributed by atoms with Crippen molar-refractivity contribution in [3.8, 4) is 6.07 Å². The Morgan fingerprint density at radius 2 is 1.90 bits per heavy atom. The van der Waals surface area contributed by atoms with Gasteiger partial charge in [-0.2, -0.15) is 5.26 Å². The molecule has 21 heavy (non-hydrogen) atoms. The maximum atomic E-state index is 11.0. The SMILES string of the molecule is CC(O)(c1cccc(C#N)c1)c1cncc2ccccc12. The first kappa shape index (κ1) is 13.3. The van der Waals surface area contributed by atoms with Crippen molar-refractivity contribution in [3.63, 3.8) is 0 Å². The van der Waals surface area contributed by atoms with Crippen LogP contribution in [0.2, 0.25) is 0 Å². The fourth-order valence-corrected chi connectivity index (χ4v) is 2.55. The number of hydrogen-bond acceptors (Lipinski definition) is 3. The topological polar surface area (TPSA) is 56.9 Å². The molecule has 3 aromatic rings. The van der Waals surface area contributed by atoms with Crippen LogP contribution >= 0.6 is 0 Å². The maximum absolute atomic E-state index is 11.0. The molecule has 0 saturated carbocycles. The predicted molar refractivity (Wildman–Crippen MR) is 81.6 cm³/mol. The second-order valence-electron chi connectivity index (χ2n) is 5.17. The van der Waals surface area contributed by atoms with Crippen LogP contribution in [0.25, 0.3) is 10.8 Å². The van der Waals surface area contributed by atoms with Crippen molar-refractivity contribution in [1.82, 2.24) is 4.98 Å². The van der Waals surface area contributed by atoms with Gasteiger partial charge in [-0.1, -0.05) is 36.4 Å². The van der Waals surface area contributed by atoms with E-state index >= 15 is 0 Å². The summed E-state index contributed by atoms with van der Waals surface area (Å²) in [6, 6.07) is 16.9. The van der Waals surface area contributed by atoms with Gasteiger partial charge in [0.2, 0.25) is 0 Å². The largest absolute Gasteiger partial charge is 0.381 e. The number of pyridine rings is 1. The second-order valence-corrected chi connectivity index (χ2v) is 5.17. The lowest BCUT2D eigenvalue weighted by molar-refractivity contribution is 0.103. The van der Waals surface area contributed by atoms with Gasteiger partial charge in [0.15, 0.2) is 0 Å². The van der Waals surface area contributed by atoms with Crippen LogP contribution in [0.1, 0.15) is 23.6 Å². The number of rotatable bonds is 2. The summed E-state index contributed by atoms with van der Waals surface area (Å²) in [5, 5.41) is 22.0. The molecule has 0 saturated heterocycles. The van der Waals surface area contributed by atoms with Crippen LogP contribution in [0.4, 0.5) is 0 Å². The molecule has 3 nitrogen and oxygen atoms in total. The van der Waals surface area contributed by atoms with Crippen molar-refractivity contribution in [2.24, 2.45) is 0 Å². The minimum atomic E-state index is -1.21. The van der Waals surface area contributed by atoms with Crippen molar-refractivity contribution < 1.29 is 5.11 Å². The summed E-state index contributed by atoms with van der Waals surface area (Å²) in [5.74, 6) is 0. The van der Waals surface area contributed by atoms with Crippen molar-refractivity contribution in [2.75, 3.05) is 0 Å². The van der Waals surface area contributed by atoms with Gasteiger partial charge in [-0.15, -0.1) is 0 Å². The Labute approximate surface area is 123 Å². The van der Waals surface area contributed by atoms with Crippen LogP contribution in [-0.2, 0) is 5.60 Å². The molecule has 0 aliphatic carbocycles. The molecule has 0 radical (unpaired) electrons. The average Bonchev–Trinajstić information content (AvgIpc) is 2.54. The number of aliphatic hydroxyl groups is 1. The van der Waals surface area contributed by atoms with Gasteiger partial charge in [-0.05, 0) is 30.0 Å². The third kappa shape index (κ3) is 2.26. The first-order valence-corrected chi connectivity index (χ1v) is 6.69. The van der Waals surface area contributed by atoms with Gasteiger partial charge in [0.25, 0.3) is 0 Å². The van der Waals surface area contributed by atoms with Gasteiger partial charge >= 0.3 is 0 Å². The number of nitrogens with zero attached hydrogens (tertiary/aromatic N) is 2. The molecule has 1 aromatic heterocycles. The lowest BCUT2D eigenvalue weighted by Gasteiger charge is -2.25. The van der Waals surface area contributed by atoms with Crippen LogP contribution in [0.3, 0.4) is 0 Å². The summed E-state index contributed by atoms with van der Waals surface area (Å²) in [6.45, 7) is 1.73. The third-order valence-electron chi connectivity index (χ3n) is 3.75. The minimum Gasteiger partial charge on any atom is -0.381 e. The summed E-state index contributed by atoms with van der Waals surface area (Å²) in [4.78, 5) is 4.22. The molecular weight excluding hydrogens is 260 g/mol. The first-order valence-electron chi connectivity index (χ1n) is 6.69. The fraction of sp³-hybridized carbons (Fsp3) is 0.111. The van der Waals surface area contributed by atoms with E-state index in [0.717, 1.165) is 16.3 Å². The van der Waals surface area contributed by atoms with E-state index < -0.39 is 5.60 Å². The molecule has 0 amide bonds. The van der Waals surface area contributed by atoms with Gasteiger partial charge in [0.1, 0.15) is 5.60 Å². The van der Waals surface area contributed by atoms with E-state index in [1.54, 1.807) is 37.5 Å². The highest BCUT2D eigenvalue weighted by molar-refractivity contribution is 5.85. The highest BCUT2D eigenvalue weighted by Gasteiger charge is 2.28. The number of nitriles is 1. The maximum Gasteiger partial charge on any atom is 0.114 e. The Morgan fingerprint density at radius 3 is 2.71 bits per heavy atom. The molecule has 0 spiro atoms. The van der Waals surface area contributed by atoms with Crippen LogP contribution in [0.5, 0.6) is 0 Å². The zero-order valence-electron chi connectivity index (χ0n) is 11.6. The molecule has 2 aromatic carbocycles. The van der Waals surface area contributed by atoms with E-state index in [0.29, 0.717) is 11.1 Å². The van der Waals surface area contributed by atoms with Crippen LogP contribution < -0.4 is 0 Å². The molecule has 1 N–H and O–H groups in total. The van der Waals surface area contributed by atoms with Crippen LogP contribution in [0.15, 0.2) is 60.9 Å². The highest BCUT2D eigenvalue weighted by atomic mass is 16.3. The van der Waals surface area contributed by atoms with E-state index in [2.05, 4.69) is 11.1 Å². The van der Waals surface area contributed by atoms with E-state index in [-0.39, 0.29) is 0 Å². The monoisotopic (exact) mass is 274 g/mol. The number of benzene rings is 2. The van der Waals surface area contributed by atoms with Crippen molar-refractivity contribution >= 4 is 10.8 Å². The fourth-order valence-electron chi connectivity index (χ4n) is 2.55.